The Bertz CT molecular complexity index is 627. The molecule has 0 unspecified atom stereocenters. The fraction of sp³-hybridized carbons (Fsp3) is 0.250. The number of rotatable bonds is 3. The van der Waals surface area contributed by atoms with Gasteiger partial charge in [0.25, 0.3) is 0 Å². The van der Waals surface area contributed by atoms with E-state index >= 15 is 0 Å². The minimum absolute atomic E-state index is 0.484. The zero-order chi connectivity index (χ0) is 13.8. The largest absolute Gasteiger partial charge is 0.487 e. The van der Waals surface area contributed by atoms with Crippen molar-refractivity contribution in [1.82, 2.24) is 4.98 Å². The Morgan fingerprint density at radius 2 is 1.79 bits per heavy atom. The van der Waals surface area contributed by atoms with Gasteiger partial charge in [-0.3, -0.25) is 4.98 Å². The maximum atomic E-state index is 9.15. The Balaban J connectivity index is 2.29. The van der Waals surface area contributed by atoms with Gasteiger partial charge in [0.05, 0.1) is 17.0 Å². The van der Waals surface area contributed by atoms with E-state index in [2.05, 4.69) is 11.1 Å². The van der Waals surface area contributed by atoms with Crippen LogP contribution in [-0.4, -0.2) is 4.98 Å². The summed E-state index contributed by atoms with van der Waals surface area (Å²) in [5, 5.41) is 9.15. The number of nitrogens with zero attached hydrogens (tertiary/aromatic N) is 2. The summed E-state index contributed by atoms with van der Waals surface area (Å²) >= 11 is 0. The van der Waals surface area contributed by atoms with Crippen LogP contribution in [0.4, 0.5) is 0 Å². The van der Waals surface area contributed by atoms with Crippen molar-refractivity contribution in [1.29, 1.82) is 5.26 Å². The van der Waals surface area contributed by atoms with Crippen molar-refractivity contribution in [3.63, 3.8) is 0 Å². The maximum Gasteiger partial charge on any atom is 0.145 e. The number of benzene rings is 1. The predicted molar refractivity (Wildman–Crippen MR) is 73.9 cm³/mol. The Morgan fingerprint density at radius 3 is 2.42 bits per heavy atom. The molecule has 0 aliphatic heterocycles. The molecule has 0 aliphatic carbocycles. The number of hydrogen-bond acceptors (Lipinski definition) is 3. The average Bonchev–Trinajstić information content (AvgIpc) is 2.39. The Morgan fingerprint density at radius 1 is 1.11 bits per heavy atom. The van der Waals surface area contributed by atoms with Gasteiger partial charge in [-0.25, -0.2) is 0 Å². The lowest BCUT2D eigenvalue weighted by molar-refractivity contribution is 0.300. The van der Waals surface area contributed by atoms with Crippen molar-refractivity contribution in [2.75, 3.05) is 0 Å². The normalized spacial score (nSPS) is 10.0. The molecule has 0 atom stereocenters. The first kappa shape index (κ1) is 13.1. The summed E-state index contributed by atoms with van der Waals surface area (Å²) in [6.07, 6.45) is 0. The summed E-state index contributed by atoms with van der Waals surface area (Å²) in [5.41, 5.74) is 4.15. The number of pyridine rings is 1. The molecule has 2 rings (SSSR count). The Labute approximate surface area is 113 Å². The van der Waals surface area contributed by atoms with Gasteiger partial charge in [0.1, 0.15) is 18.4 Å². The zero-order valence-electron chi connectivity index (χ0n) is 11.4. The lowest BCUT2D eigenvalue weighted by Crippen LogP contribution is -2.04. The highest BCUT2D eigenvalue weighted by Crippen LogP contribution is 2.26. The van der Waals surface area contributed by atoms with Crippen molar-refractivity contribution < 1.29 is 4.74 Å². The molecule has 0 saturated carbocycles. The number of aromatic nitrogens is 1. The van der Waals surface area contributed by atoms with Gasteiger partial charge in [-0.15, -0.1) is 0 Å². The van der Waals surface area contributed by atoms with Crippen LogP contribution >= 0.6 is 0 Å². The first-order chi connectivity index (χ1) is 9.13. The smallest absolute Gasteiger partial charge is 0.145 e. The third-order valence-electron chi connectivity index (χ3n) is 3.08. The molecular weight excluding hydrogens is 236 g/mol. The standard InChI is InChI=1S/C16H16N2O/c1-11-15(9-17)12(2)18-13(3)16(11)19-10-14-7-5-4-6-8-14/h4-8H,10H2,1-3H3. The van der Waals surface area contributed by atoms with Crippen LogP contribution in [0.25, 0.3) is 0 Å². The lowest BCUT2D eigenvalue weighted by Gasteiger charge is -2.14. The van der Waals surface area contributed by atoms with Crippen molar-refractivity contribution in [2.45, 2.75) is 27.4 Å². The van der Waals surface area contributed by atoms with Crippen LogP contribution in [0.3, 0.4) is 0 Å². The number of nitriles is 1. The molecule has 1 heterocycles. The molecule has 0 aliphatic rings. The highest BCUT2D eigenvalue weighted by atomic mass is 16.5. The van der Waals surface area contributed by atoms with E-state index in [0.717, 1.165) is 22.5 Å². The van der Waals surface area contributed by atoms with E-state index in [4.69, 9.17) is 10.00 Å². The second-order valence-electron chi connectivity index (χ2n) is 4.50. The van der Waals surface area contributed by atoms with E-state index < -0.39 is 0 Å². The van der Waals surface area contributed by atoms with Gasteiger partial charge in [0, 0.05) is 5.56 Å². The summed E-state index contributed by atoms with van der Waals surface area (Å²) in [5.74, 6) is 0.714. The van der Waals surface area contributed by atoms with Crippen LogP contribution in [-0.2, 0) is 6.61 Å². The average molecular weight is 252 g/mol. The molecule has 3 nitrogen and oxygen atoms in total. The van der Waals surface area contributed by atoms with Crippen molar-refractivity contribution in [3.8, 4) is 11.8 Å². The van der Waals surface area contributed by atoms with E-state index in [1.807, 2.05) is 51.1 Å². The van der Waals surface area contributed by atoms with E-state index in [9.17, 15) is 0 Å². The molecule has 0 amide bonds. The lowest BCUT2D eigenvalue weighted by atomic mass is 10.1. The van der Waals surface area contributed by atoms with Crippen LogP contribution in [0.1, 0.15) is 28.1 Å². The minimum atomic E-state index is 0.484. The third-order valence-corrected chi connectivity index (χ3v) is 3.08. The summed E-state index contributed by atoms with van der Waals surface area (Å²) in [6.45, 7) is 6.14. The second kappa shape index (κ2) is 5.53. The molecule has 0 spiro atoms. The molecule has 0 fully saturated rings. The zero-order valence-corrected chi connectivity index (χ0v) is 11.4. The van der Waals surface area contributed by atoms with Gasteiger partial charge in [0.2, 0.25) is 0 Å². The van der Waals surface area contributed by atoms with Crippen LogP contribution in [0.2, 0.25) is 0 Å². The molecule has 0 bridgehead atoms. The molecule has 0 saturated heterocycles. The van der Waals surface area contributed by atoms with Crippen LogP contribution < -0.4 is 4.74 Å². The van der Waals surface area contributed by atoms with E-state index in [0.29, 0.717) is 17.9 Å². The minimum Gasteiger partial charge on any atom is -0.487 e. The maximum absolute atomic E-state index is 9.15. The van der Waals surface area contributed by atoms with Crippen LogP contribution in [0.5, 0.6) is 5.75 Å². The molecular formula is C16H16N2O. The number of ether oxygens (including phenoxy) is 1. The van der Waals surface area contributed by atoms with E-state index in [1.54, 1.807) is 0 Å². The molecule has 1 aromatic heterocycles. The first-order valence-corrected chi connectivity index (χ1v) is 6.18. The molecule has 19 heavy (non-hydrogen) atoms. The molecule has 3 heteroatoms. The van der Waals surface area contributed by atoms with Crippen molar-refractivity contribution >= 4 is 0 Å². The predicted octanol–water partition coefficient (Wildman–Crippen LogP) is 3.46. The highest BCUT2D eigenvalue weighted by molar-refractivity contribution is 5.49. The fourth-order valence-corrected chi connectivity index (χ4v) is 2.12. The molecule has 0 N–H and O–H groups in total. The highest BCUT2D eigenvalue weighted by Gasteiger charge is 2.13. The van der Waals surface area contributed by atoms with E-state index in [-0.39, 0.29) is 0 Å². The van der Waals surface area contributed by atoms with Gasteiger partial charge in [0.15, 0.2) is 0 Å². The van der Waals surface area contributed by atoms with Gasteiger partial charge in [-0.2, -0.15) is 5.26 Å². The summed E-state index contributed by atoms with van der Waals surface area (Å²) < 4.78 is 5.84. The molecule has 0 radical (unpaired) electrons. The third kappa shape index (κ3) is 2.74. The quantitative estimate of drug-likeness (QED) is 0.840. The van der Waals surface area contributed by atoms with Gasteiger partial charge < -0.3 is 4.74 Å². The Hall–Kier alpha value is -2.34. The van der Waals surface area contributed by atoms with Gasteiger partial charge in [-0.05, 0) is 26.3 Å². The summed E-state index contributed by atoms with van der Waals surface area (Å²) in [6, 6.07) is 12.1. The van der Waals surface area contributed by atoms with Crippen LogP contribution in [0, 0.1) is 32.1 Å². The molecule has 2 aromatic rings. The molecule has 1 aromatic carbocycles. The Kier molecular flexibility index (Phi) is 3.82. The first-order valence-electron chi connectivity index (χ1n) is 6.18. The fourth-order valence-electron chi connectivity index (χ4n) is 2.12. The van der Waals surface area contributed by atoms with Gasteiger partial charge in [-0.1, -0.05) is 30.3 Å². The number of hydrogen-bond donors (Lipinski definition) is 0. The van der Waals surface area contributed by atoms with Gasteiger partial charge >= 0.3 is 0 Å². The van der Waals surface area contributed by atoms with Crippen LogP contribution in [0.15, 0.2) is 30.3 Å². The van der Waals surface area contributed by atoms with Crippen molar-refractivity contribution in [2.24, 2.45) is 0 Å². The number of aryl methyl sites for hydroxylation is 2. The SMILES string of the molecule is Cc1nc(C)c(OCc2ccccc2)c(C)c1C#N. The van der Waals surface area contributed by atoms with E-state index in [1.165, 1.54) is 0 Å². The topological polar surface area (TPSA) is 45.9 Å². The summed E-state index contributed by atoms with van der Waals surface area (Å²) in [4.78, 5) is 4.37. The second-order valence-corrected chi connectivity index (χ2v) is 4.50. The summed E-state index contributed by atoms with van der Waals surface area (Å²) in [7, 11) is 0. The van der Waals surface area contributed by atoms with Crippen molar-refractivity contribution in [3.05, 3.63) is 58.4 Å². The monoisotopic (exact) mass is 252 g/mol. The molecule has 96 valence electrons.